The second-order valence-corrected chi connectivity index (χ2v) is 11.8. The van der Waals surface area contributed by atoms with E-state index in [4.69, 9.17) is 19.3 Å². The van der Waals surface area contributed by atoms with E-state index in [1.54, 1.807) is 18.9 Å². The van der Waals surface area contributed by atoms with Crippen molar-refractivity contribution in [1.29, 1.82) is 0 Å². The Hall–Kier alpha value is -3.51. The second kappa shape index (κ2) is 18.5. The third-order valence-electron chi connectivity index (χ3n) is 8.94. The Morgan fingerprint density at radius 1 is 1.04 bits per heavy atom. The van der Waals surface area contributed by atoms with E-state index >= 15 is 0 Å². The normalized spacial score (nSPS) is 18.6. The molecule has 0 radical (unpaired) electrons. The van der Waals surface area contributed by atoms with Gasteiger partial charge < -0.3 is 34.4 Å². The third kappa shape index (κ3) is 10.5. The van der Waals surface area contributed by atoms with Crippen LogP contribution in [0.1, 0.15) is 64.9 Å². The Kier molecular flexibility index (Phi) is 15.5. The van der Waals surface area contributed by atoms with Crippen LogP contribution < -0.4 is 5.32 Å². The number of esters is 1. The first-order chi connectivity index (χ1) is 21.4. The average molecular weight is 634 g/mol. The summed E-state index contributed by atoms with van der Waals surface area (Å²) in [4.78, 5) is 67.0. The molecular formula is C33H51N3O9. The molecule has 45 heavy (non-hydrogen) atoms. The van der Waals surface area contributed by atoms with Crippen molar-refractivity contribution in [2.45, 2.75) is 96.1 Å². The Labute approximate surface area is 266 Å². The Balaban J connectivity index is 2.19. The molecule has 252 valence electrons. The smallest absolute Gasteiger partial charge is 0.328 e. The number of rotatable bonds is 18. The monoisotopic (exact) mass is 633 g/mol. The first-order valence-electron chi connectivity index (χ1n) is 15.6. The van der Waals surface area contributed by atoms with Crippen molar-refractivity contribution in [1.82, 2.24) is 15.1 Å². The Morgan fingerprint density at radius 3 is 2.27 bits per heavy atom. The van der Waals surface area contributed by atoms with Crippen molar-refractivity contribution < 1.29 is 43.3 Å². The van der Waals surface area contributed by atoms with Gasteiger partial charge in [-0.05, 0) is 24.3 Å². The summed E-state index contributed by atoms with van der Waals surface area (Å²) >= 11 is 0. The molecular weight excluding hydrogens is 582 g/mol. The molecule has 0 spiro atoms. The molecule has 1 aliphatic heterocycles. The summed E-state index contributed by atoms with van der Waals surface area (Å²) < 4.78 is 16.6. The number of nitrogens with zero attached hydrogens (tertiary/aromatic N) is 2. The average Bonchev–Trinajstić information content (AvgIpc) is 3.52. The molecule has 0 bridgehead atoms. The molecule has 1 aromatic carbocycles. The molecule has 1 fully saturated rings. The Morgan fingerprint density at radius 2 is 1.71 bits per heavy atom. The highest BCUT2D eigenvalue weighted by Crippen LogP contribution is 2.29. The zero-order chi connectivity index (χ0) is 33.7. The van der Waals surface area contributed by atoms with Crippen LogP contribution in [0.15, 0.2) is 30.3 Å². The summed E-state index contributed by atoms with van der Waals surface area (Å²) in [5, 5.41) is 11.9. The predicted octanol–water partition coefficient (Wildman–Crippen LogP) is 2.67. The molecule has 0 aliphatic carbocycles. The summed E-state index contributed by atoms with van der Waals surface area (Å²) in [7, 11) is 5.91. The topological polar surface area (TPSA) is 152 Å². The van der Waals surface area contributed by atoms with Gasteiger partial charge in [0.05, 0.1) is 50.2 Å². The molecule has 7 atom stereocenters. The highest BCUT2D eigenvalue weighted by Gasteiger charge is 2.42. The van der Waals surface area contributed by atoms with E-state index in [2.05, 4.69) is 5.32 Å². The number of carboxylic acid groups (broad SMARTS) is 1. The van der Waals surface area contributed by atoms with Crippen LogP contribution in [0.25, 0.3) is 0 Å². The van der Waals surface area contributed by atoms with Crippen molar-refractivity contribution in [2.75, 3.05) is 34.9 Å². The van der Waals surface area contributed by atoms with Crippen molar-refractivity contribution in [3.05, 3.63) is 35.9 Å². The van der Waals surface area contributed by atoms with Gasteiger partial charge in [0, 0.05) is 40.7 Å². The van der Waals surface area contributed by atoms with Gasteiger partial charge in [0.15, 0.2) is 0 Å². The largest absolute Gasteiger partial charge is 0.481 e. The first kappa shape index (κ1) is 37.7. The number of ether oxygens (including phenoxy) is 3. The fraction of sp³-hybridized carbons (Fsp3) is 0.667. The van der Waals surface area contributed by atoms with Crippen LogP contribution >= 0.6 is 0 Å². The van der Waals surface area contributed by atoms with E-state index in [0.29, 0.717) is 13.0 Å². The zero-order valence-corrected chi connectivity index (χ0v) is 27.7. The third-order valence-corrected chi connectivity index (χ3v) is 8.94. The molecule has 3 amide bonds. The standard InChI is InChI=1S/C33H51N3O9/c1-8-21(2)30(35(4)27(37)16-17-29(39)40)26(43-5)20-28(38)36-18-12-15-25(36)31(44-6)22(3)32(41)34-24(33(42)45-7)19-23-13-10-9-11-14-23/h9-11,13-14,21-22,24-26,30-31H,8,12,15-20H2,1-7H3,(H,34,41)(H,39,40)/t21-,22+,24-,25-,26+,30-,31+/m0/s1. The molecule has 0 unspecified atom stereocenters. The van der Waals surface area contributed by atoms with Gasteiger partial charge in [0.2, 0.25) is 17.7 Å². The van der Waals surface area contributed by atoms with E-state index in [-0.39, 0.29) is 55.4 Å². The first-order valence-corrected chi connectivity index (χ1v) is 15.6. The number of nitrogens with one attached hydrogen (secondary N) is 1. The van der Waals surface area contributed by atoms with Gasteiger partial charge >= 0.3 is 11.9 Å². The number of aliphatic carboxylic acids is 1. The maximum Gasteiger partial charge on any atom is 0.328 e. The van der Waals surface area contributed by atoms with E-state index in [0.717, 1.165) is 18.4 Å². The fourth-order valence-electron chi connectivity index (χ4n) is 6.20. The minimum atomic E-state index is -1.05. The fourth-order valence-corrected chi connectivity index (χ4v) is 6.20. The minimum Gasteiger partial charge on any atom is -0.481 e. The number of hydrogen-bond donors (Lipinski definition) is 2. The van der Waals surface area contributed by atoms with Crippen molar-refractivity contribution in [3.63, 3.8) is 0 Å². The molecule has 1 heterocycles. The van der Waals surface area contributed by atoms with E-state index in [9.17, 15) is 24.0 Å². The van der Waals surface area contributed by atoms with Gasteiger partial charge in [-0.25, -0.2) is 4.79 Å². The van der Waals surface area contributed by atoms with Crippen molar-refractivity contribution >= 4 is 29.7 Å². The SMILES string of the molecule is CC[C@H](C)[C@@H]([C@@H](CC(=O)N1CCC[C@H]1[C@H](OC)[C@@H](C)C(=O)N[C@@H](Cc1ccccc1)C(=O)OC)OC)N(C)C(=O)CCC(=O)O. The van der Waals surface area contributed by atoms with Crippen LogP contribution in [0.5, 0.6) is 0 Å². The van der Waals surface area contributed by atoms with E-state index in [1.807, 2.05) is 44.2 Å². The number of amides is 3. The highest BCUT2D eigenvalue weighted by molar-refractivity contribution is 5.86. The number of carbonyl (C=O) groups is 5. The molecule has 1 saturated heterocycles. The second-order valence-electron chi connectivity index (χ2n) is 11.8. The van der Waals surface area contributed by atoms with E-state index < -0.39 is 42.1 Å². The molecule has 2 rings (SSSR count). The summed E-state index contributed by atoms with van der Waals surface area (Å²) in [6.45, 7) is 6.16. The number of methoxy groups -OCH3 is 3. The van der Waals surface area contributed by atoms with Crippen LogP contribution in [0, 0.1) is 11.8 Å². The lowest BCUT2D eigenvalue weighted by Gasteiger charge is -2.39. The lowest BCUT2D eigenvalue weighted by Crippen LogP contribution is -2.54. The highest BCUT2D eigenvalue weighted by atomic mass is 16.5. The van der Waals surface area contributed by atoms with Crippen LogP contribution in [0.4, 0.5) is 0 Å². The molecule has 12 heteroatoms. The van der Waals surface area contributed by atoms with Gasteiger partial charge in [-0.15, -0.1) is 0 Å². The number of carboxylic acids is 1. The van der Waals surface area contributed by atoms with Crippen LogP contribution in [0.3, 0.4) is 0 Å². The molecule has 0 aromatic heterocycles. The number of benzene rings is 1. The van der Waals surface area contributed by atoms with Gasteiger partial charge in [-0.2, -0.15) is 0 Å². The lowest BCUT2D eigenvalue weighted by atomic mass is 9.90. The van der Waals surface area contributed by atoms with Gasteiger partial charge in [-0.1, -0.05) is 57.5 Å². The summed E-state index contributed by atoms with van der Waals surface area (Å²) in [5.74, 6) is -3.23. The maximum atomic E-state index is 13.8. The van der Waals surface area contributed by atoms with Crippen LogP contribution in [-0.4, -0.2) is 110 Å². The number of hydrogen-bond acceptors (Lipinski definition) is 8. The molecule has 12 nitrogen and oxygen atoms in total. The number of likely N-dealkylation sites (tertiary alicyclic amines) is 1. The van der Waals surface area contributed by atoms with Gasteiger partial charge in [0.25, 0.3) is 0 Å². The number of carbonyl (C=O) groups excluding carboxylic acids is 4. The quantitative estimate of drug-likeness (QED) is 0.233. The summed E-state index contributed by atoms with van der Waals surface area (Å²) in [6, 6.07) is 7.60. The van der Waals surface area contributed by atoms with Crippen molar-refractivity contribution in [2.24, 2.45) is 11.8 Å². The molecule has 0 saturated carbocycles. The predicted molar refractivity (Wildman–Crippen MR) is 167 cm³/mol. The van der Waals surface area contributed by atoms with Crippen LogP contribution in [-0.2, 0) is 44.6 Å². The summed E-state index contributed by atoms with van der Waals surface area (Å²) in [5.41, 5.74) is 0.870. The van der Waals surface area contributed by atoms with Gasteiger partial charge in [-0.3, -0.25) is 19.2 Å². The minimum absolute atomic E-state index is 0.00292. The number of likely N-dealkylation sites (N-methyl/N-ethyl adjacent to an activating group) is 1. The Bertz CT molecular complexity index is 1130. The molecule has 2 N–H and O–H groups in total. The van der Waals surface area contributed by atoms with Crippen molar-refractivity contribution in [3.8, 4) is 0 Å². The van der Waals surface area contributed by atoms with Gasteiger partial charge in [0.1, 0.15) is 6.04 Å². The molecule has 1 aliphatic rings. The summed E-state index contributed by atoms with van der Waals surface area (Å²) in [6.07, 6.45) is 0.643. The molecule has 1 aromatic rings. The lowest BCUT2D eigenvalue weighted by molar-refractivity contribution is -0.148. The maximum absolute atomic E-state index is 13.8. The zero-order valence-electron chi connectivity index (χ0n) is 27.7. The van der Waals surface area contributed by atoms with Crippen LogP contribution in [0.2, 0.25) is 0 Å². The van der Waals surface area contributed by atoms with E-state index in [1.165, 1.54) is 26.2 Å².